The summed E-state index contributed by atoms with van der Waals surface area (Å²) >= 11 is 0. The predicted octanol–water partition coefficient (Wildman–Crippen LogP) is 3.16. The van der Waals surface area contributed by atoms with Crippen LogP contribution in [0.1, 0.15) is 32.6 Å². The Balaban J connectivity index is 1.58. The molecule has 110 valence electrons. The zero-order valence-electron chi connectivity index (χ0n) is 12.4. The Hall–Kier alpha value is -1.42. The summed E-state index contributed by atoms with van der Waals surface area (Å²) in [4.78, 5) is 0. The average molecular weight is 282 g/mol. The van der Waals surface area contributed by atoms with Crippen molar-refractivity contribution in [2.24, 2.45) is 21.6 Å². The van der Waals surface area contributed by atoms with Crippen molar-refractivity contribution in [1.29, 1.82) is 0 Å². The molecular weight excluding hydrogens is 260 g/mol. The van der Waals surface area contributed by atoms with Crippen molar-refractivity contribution in [1.82, 2.24) is 5.43 Å². The molecular formula is C17H22N4. The molecule has 7 rings (SSSR count). The lowest BCUT2D eigenvalue weighted by Crippen LogP contribution is -2.77. The number of hydrogen-bond donors (Lipinski definition) is 1. The molecule has 1 aromatic carbocycles. The SMILES string of the molecule is CC12C3CCC(N=N3)C1C1CCC2NN1c1ccccc1. The molecule has 2 aliphatic carbocycles. The predicted molar refractivity (Wildman–Crippen MR) is 82.1 cm³/mol. The normalized spacial score (nSPS) is 46.7. The number of nitrogens with zero attached hydrogens (tertiary/aromatic N) is 3. The Bertz CT molecular complexity index is 586. The van der Waals surface area contributed by atoms with Gasteiger partial charge in [-0.25, -0.2) is 5.43 Å². The zero-order chi connectivity index (χ0) is 14.0. The van der Waals surface area contributed by atoms with Crippen molar-refractivity contribution in [2.45, 2.75) is 56.8 Å². The maximum Gasteiger partial charge on any atom is 0.0782 e. The number of anilines is 1. The Morgan fingerprint density at radius 2 is 1.95 bits per heavy atom. The lowest BCUT2D eigenvalue weighted by molar-refractivity contribution is -0.0743. The van der Waals surface area contributed by atoms with Gasteiger partial charge in [0.15, 0.2) is 0 Å². The van der Waals surface area contributed by atoms with E-state index in [2.05, 4.69) is 57.9 Å². The highest BCUT2D eigenvalue weighted by Crippen LogP contribution is 2.58. The second kappa shape index (κ2) is 4.07. The Morgan fingerprint density at radius 1 is 1.10 bits per heavy atom. The molecule has 1 aromatic rings. The van der Waals surface area contributed by atoms with Gasteiger partial charge in [-0.05, 0) is 37.8 Å². The topological polar surface area (TPSA) is 40.0 Å². The minimum atomic E-state index is 0.304. The summed E-state index contributed by atoms with van der Waals surface area (Å²) in [5.74, 6) is 0.661. The quantitative estimate of drug-likeness (QED) is 0.859. The lowest BCUT2D eigenvalue weighted by Gasteiger charge is -2.66. The van der Waals surface area contributed by atoms with Gasteiger partial charge in [0.25, 0.3) is 0 Å². The smallest absolute Gasteiger partial charge is 0.0782 e. The molecule has 0 amide bonds. The molecule has 2 saturated carbocycles. The van der Waals surface area contributed by atoms with Crippen molar-refractivity contribution in [3.05, 3.63) is 30.3 Å². The van der Waals surface area contributed by atoms with Gasteiger partial charge in [-0.15, -0.1) is 0 Å². The third kappa shape index (κ3) is 1.44. The van der Waals surface area contributed by atoms with Gasteiger partial charge < -0.3 is 5.01 Å². The van der Waals surface area contributed by atoms with Gasteiger partial charge >= 0.3 is 0 Å². The minimum absolute atomic E-state index is 0.304. The summed E-state index contributed by atoms with van der Waals surface area (Å²) in [6.45, 7) is 2.47. The molecule has 0 spiro atoms. The molecule has 6 aliphatic rings. The number of hydrogen-bond acceptors (Lipinski definition) is 4. The number of azo groups is 1. The van der Waals surface area contributed by atoms with Gasteiger partial charge in [0.1, 0.15) is 0 Å². The van der Waals surface area contributed by atoms with Crippen molar-refractivity contribution in [3.63, 3.8) is 0 Å². The monoisotopic (exact) mass is 282 g/mol. The van der Waals surface area contributed by atoms with E-state index >= 15 is 0 Å². The van der Waals surface area contributed by atoms with Crippen LogP contribution in [0.5, 0.6) is 0 Å². The zero-order valence-corrected chi connectivity index (χ0v) is 12.4. The fourth-order valence-corrected chi connectivity index (χ4v) is 5.51. The standard InChI is InChI=1S/C17H22N4/c1-17-14-9-7-12(18-19-14)16(17)13-8-10-15(17)20-21(13)11-5-3-2-4-6-11/h2-6,12-16,20H,7-10H2,1H3. The summed E-state index contributed by atoms with van der Waals surface area (Å²) < 4.78 is 0. The molecule has 6 unspecified atom stereocenters. The largest absolute Gasteiger partial charge is 0.305 e. The lowest BCUT2D eigenvalue weighted by atomic mass is 9.51. The van der Waals surface area contributed by atoms with Gasteiger partial charge in [-0.3, -0.25) is 0 Å². The molecule has 2 saturated heterocycles. The first-order valence-electron chi connectivity index (χ1n) is 8.29. The van der Waals surface area contributed by atoms with E-state index in [-0.39, 0.29) is 0 Å². The number of hydrazine groups is 1. The highest BCUT2D eigenvalue weighted by atomic mass is 15.6. The van der Waals surface area contributed by atoms with E-state index in [1.54, 1.807) is 0 Å². The molecule has 0 radical (unpaired) electrons. The molecule has 4 heteroatoms. The first-order valence-corrected chi connectivity index (χ1v) is 8.29. The average Bonchev–Trinajstić information content (AvgIpc) is 2.57. The van der Waals surface area contributed by atoms with Crippen LogP contribution < -0.4 is 10.4 Å². The van der Waals surface area contributed by atoms with Crippen LogP contribution in [0.15, 0.2) is 40.6 Å². The van der Waals surface area contributed by atoms with Crippen LogP contribution in [0.4, 0.5) is 5.69 Å². The molecule has 4 bridgehead atoms. The highest BCUT2D eigenvalue weighted by molar-refractivity contribution is 5.48. The molecule has 4 nitrogen and oxygen atoms in total. The van der Waals surface area contributed by atoms with Crippen molar-refractivity contribution in [2.75, 3.05) is 5.01 Å². The van der Waals surface area contributed by atoms with Crippen molar-refractivity contribution in [3.8, 4) is 0 Å². The van der Waals surface area contributed by atoms with Crippen LogP contribution >= 0.6 is 0 Å². The first-order chi connectivity index (χ1) is 10.3. The summed E-state index contributed by atoms with van der Waals surface area (Å²) in [7, 11) is 0. The fourth-order valence-electron chi connectivity index (χ4n) is 5.51. The summed E-state index contributed by atoms with van der Waals surface area (Å²) in [6.07, 6.45) is 5.03. The van der Waals surface area contributed by atoms with Gasteiger partial charge in [0, 0.05) is 17.4 Å². The third-order valence-corrected chi connectivity index (χ3v) is 6.52. The van der Waals surface area contributed by atoms with Crippen LogP contribution in [0.3, 0.4) is 0 Å². The second-order valence-electron chi connectivity index (χ2n) is 7.32. The molecule has 6 atom stereocenters. The van der Waals surface area contributed by atoms with Gasteiger partial charge in [-0.2, -0.15) is 10.2 Å². The van der Waals surface area contributed by atoms with E-state index in [1.807, 2.05) is 0 Å². The fraction of sp³-hybridized carbons (Fsp3) is 0.647. The molecule has 1 N–H and O–H groups in total. The number of benzene rings is 1. The van der Waals surface area contributed by atoms with E-state index in [0.29, 0.717) is 35.5 Å². The van der Waals surface area contributed by atoms with E-state index in [1.165, 1.54) is 31.4 Å². The number of para-hydroxylation sites is 1. The molecule has 4 aliphatic heterocycles. The van der Waals surface area contributed by atoms with Crippen LogP contribution in [0, 0.1) is 11.3 Å². The Morgan fingerprint density at radius 3 is 2.71 bits per heavy atom. The first kappa shape index (κ1) is 12.2. The molecule has 21 heavy (non-hydrogen) atoms. The third-order valence-electron chi connectivity index (χ3n) is 6.52. The number of nitrogens with one attached hydrogen (secondary N) is 1. The molecule has 4 fully saturated rings. The van der Waals surface area contributed by atoms with E-state index in [9.17, 15) is 0 Å². The van der Waals surface area contributed by atoms with Gasteiger partial charge in [-0.1, -0.05) is 25.1 Å². The summed E-state index contributed by atoms with van der Waals surface area (Å²) in [5.41, 5.74) is 5.43. The molecule has 4 heterocycles. The van der Waals surface area contributed by atoms with Crippen molar-refractivity contribution >= 4 is 5.69 Å². The van der Waals surface area contributed by atoms with Crippen LogP contribution in [-0.2, 0) is 0 Å². The summed E-state index contributed by atoms with van der Waals surface area (Å²) in [5, 5.41) is 11.7. The minimum Gasteiger partial charge on any atom is -0.305 e. The highest BCUT2D eigenvalue weighted by Gasteiger charge is 2.64. The summed E-state index contributed by atoms with van der Waals surface area (Å²) in [6, 6.07) is 12.8. The number of rotatable bonds is 1. The maximum absolute atomic E-state index is 4.64. The van der Waals surface area contributed by atoms with Gasteiger partial charge in [0.2, 0.25) is 0 Å². The van der Waals surface area contributed by atoms with E-state index < -0.39 is 0 Å². The maximum atomic E-state index is 4.64. The van der Waals surface area contributed by atoms with Gasteiger partial charge in [0.05, 0.1) is 23.8 Å². The van der Waals surface area contributed by atoms with E-state index in [0.717, 1.165) is 0 Å². The molecule has 0 aromatic heterocycles. The van der Waals surface area contributed by atoms with Crippen molar-refractivity contribution < 1.29 is 0 Å². The number of fused-ring (bicyclic) bond motifs is 3. The Labute approximate surface area is 125 Å². The van der Waals surface area contributed by atoms with Crippen LogP contribution in [0.25, 0.3) is 0 Å². The van der Waals surface area contributed by atoms with Crippen LogP contribution in [-0.4, -0.2) is 24.2 Å². The second-order valence-corrected chi connectivity index (χ2v) is 7.32. The van der Waals surface area contributed by atoms with E-state index in [4.69, 9.17) is 0 Å². The van der Waals surface area contributed by atoms with Crippen LogP contribution in [0.2, 0.25) is 0 Å². The Kier molecular flexibility index (Phi) is 2.35.